The molecular formula is C20H19F5N2O6. The molecule has 8 nitrogen and oxygen atoms in total. The Morgan fingerprint density at radius 2 is 1.52 bits per heavy atom. The smallest absolute Gasteiger partial charge is 0.466 e. The maximum absolute atomic E-state index is 13.1. The number of benzene rings is 1. The number of nitrogens with one attached hydrogen (secondary N) is 2. The Kier molecular flexibility index (Phi) is 7.67. The van der Waals surface area contributed by atoms with Crippen LogP contribution >= 0.6 is 0 Å². The summed E-state index contributed by atoms with van der Waals surface area (Å²) in [5.41, 5.74) is -0.800. The van der Waals surface area contributed by atoms with Crippen molar-refractivity contribution in [3.05, 3.63) is 46.3 Å². The third kappa shape index (κ3) is 5.59. The molecule has 0 saturated heterocycles. The van der Waals surface area contributed by atoms with Crippen molar-refractivity contribution in [1.82, 2.24) is 5.32 Å². The number of halogens is 5. The van der Waals surface area contributed by atoms with Crippen LogP contribution in [0.2, 0.25) is 0 Å². The number of amides is 1. The second-order valence-corrected chi connectivity index (χ2v) is 6.70. The largest absolute Gasteiger partial charge is 0.471 e. The van der Waals surface area contributed by atoms with E-state index in [1.54, 1.807) is 5.32 Å². The van der Waals surface area contributed by atoms with Crippen LogP contribution in [0.15, 0.2) is 40.7 Å². The van der Waals surface area contributed by atoms with Gasteiger partial charge in [-0.05, 0) is 32.0 Å². The average molecular weight is 478 g/mol. The number of esters is 2. The van der Waals surface area contributed by atoms with Gasteiger partial charge in [0.25, 0.3) is 0 Å². The molecule has 13 heteroatoms. The van der Waals surface area contributed by atoms with E-state index in [1.807, 2.05) is 0 Å². The Labute approximate surface area is 184 Å². The van der Waals surface area contributed by atoms with Crippen LogP contribution in [0.4, 0.5) is 27.6 Å². The number of carbonyl (C=O) groups is 3. The van der Waals surface area contributed by atoms with Crippen LogP contribution in [-0.2, 0) is 23.9 Å². The highest BCUT2D eigenvalue weighted by atomic mass is 19.4. The van der Waals surface area contributed by atoms with Crippen molar-refractivity contribution < 1.29 is 50.5 Å². The number of rotatable bonds is 6. The SMILES string of the molecule is COC(=O)C1=C(C)NC(C)=C(C(=O)OC)C1c1cc(NC(=O)C(F)(F)F)ccc1OC(F)F. The fourth-order valence-corrected chi connectivity index (χ4v) is 3.32. The molecule has 1 aliphatic heterocycles. The minimum absolute atomic E-state index is 0.185. The van der Waals surface area contributed by atoms with E-state index in [-0.39, 0.29) is 28.1 Å². The fraction of sp³-hybridized carbons (Fsp3) is 0.350. The lowest BCUT2D eigenvalue weighted by atomic mass is 9.79. The average Bonchev–Trinajstić information content (AvgIpc) is 2.72. The maximum atomic E-state index is 13.1. The van der Waals surface area contributed by atoms with E-state index < -0.39 is 48.0 Å². The van der Waals surface area contributed by atoms with Gasteiger partial charge < -0.3 is 24.8 Å². The molecule has 0 aromatic heterocycles. The van der Waals surface area contributed by atoms with Crippen LogP contribution in [0, 0.1) is 0 Å². The first-order chi connectivity index (χ1) is 15.3. The first kappa shape index (κ1) is 25.6. The molecule has 0 atom stereocenters. The quantitative estimate of drug-likeness (QED) is 0.478. The highest BCUT2D eigenvalue weighted by molar-refractivity contribution is 6.00. The number of hydrogen-bond donors (Lipinski definition) is 2. The van der Waals surface area contributed by atoms with Crippen molar-refractivity contribution in [3.63, 3.8) is 0 Å². The minimum Gasteiger partial charge on any atom is -0.466 e. The van der Waals surface area contributed by atoms with E-state index in [0.717, 1.165) is 32.4 Å². The van der Waals surface area contributed by atoms with E-state index in [4.69, 9.17) is 9.47 Å². The number of methoxy groups -OCH3 is 2. The number of ether oxygens (including phenoxy) is 3. The van der Waals surface area contributed by atoms with Gasteiger partial charge in [-0.3, -0.25) is 4.79 Å². The molecule has 180 valence electrons. The molecule has 0 spiro atoms. The van der Waals surface area contributed by atoms with Gasteiger partial charge in [-0.15, -0.1) is 0 Å². The predicted octanol–water partition coefficient (Wildman–Crippen LogP) is 3.37. The Bertz CT molecular complexity index is 994. The number of dihydropyridines is 1. The first-order valence-electron chi connectivity index (χ1n) is 9.13. The van der Waals surface area contributed by atoms with Gasteiger partial charge in [0, 0.05) is 22.6 Å². The third-order valence-electron chi connectivity index (χ3n) is 4.62. The topological polar surface area (TPSA) is 103 Å². The molecule has 0 bridgehead atoms. The number of alkyl halides is 5. The Morgan fingerprint density at radius 3 is 1.94 bits per heavy atom. The Balaban J connectivity index is 2.80. The molecule has 1 amide bonds. The van der Waals surface area contributed by atoms with Crippen LogP contribution in [0.1, 0.15) is 25.3 Å². The van der Waals surface area contributed by atoms with E-state index in [9.17, 15) is 36.3 Å². The fourth-order valence-electron chi connectivity index (χ4n) is 3.32. The second kappa shape index (κ2) is 9.88. The molecule has 2 N–H and O–H groups in total. The van der Waals surface area contributed by atoms with Crippen molar-refractivity contribution in [2.75, 3.05) is 19.5 Å². The number of allylic oxidation sites excluding steroid dienone is 2. The van der Waals surface area contributed by atoms with Crippen molar-refractivity contribution in [1.29, 1.82) is 0 Å². The number of carbonyl (C=O) groups excluding carboxylic acids is 3. The maximum Gasteiger partial charge on any atom is 0.471 e. The summed E-state index contributed by atoms with van der Waals surface area (Å²) in [7, 11) is 2.08. The molecule has 0 saturated carbocycles. The zero-order valence-corrected chi connectivity index (χ0v) is 17.7. The van der Waals surface area contributed by atoms with Gasteiger partial charge in [-0.25, -0.2) is 9.59 Å². The van der Waals surface area contributed by atoms with Crippen LogP contribution in [0.25, 0.3) is 0 Å². The van der Waals surface area contributed by atoms with Crippen LogP contribution in [0.5, 0.6) is 5.75 Å². The van der Waals surface area contributed by atoms with E-state index in [2.05, 4.69) is 10.1 Å². The zero-order valence-electron chi connectivity index (χ0n) is 17.7. The van der Waals surface area contributed by atoms with Crippen molar-refractivity contribution in [3.8, 4) is 5.75 Å². The minimum atomic E-state index is -5.23. The summed E-state index contributed by atoms with van der Waals surface area (Å²) in [6.07, 6.45) is -5.23. The summed E-state index contributed by atoms with van der Waals surface area (Å²) in [4.78, 5) is 36.5. The summed E-state index contributed by atoms with van der Waals surface area (Å²) in [6, 6.07) is 2.67. The molecule has 2 rings (SSSR count). The summed E-state index contributed by atoms with van der Waals surface area (Å²) < 4.78 is 78.2. The van der Waals surface area contributed by atoms with Crippen molar-refractivity contribution in [2.45, 2.75) is 32.6 Å². The van der Waals surface area contributed by atoms with Gasteiger partial charge in [-0.1, -0.05) is 0 Å². The standard InChI is InChI=1S/C20H19F5N2O6/c1-8-13(16(28)31-3)15(14(9(2)26-8)17(29)32-4)11-7-10(27-18(30)20(23,24)25)5-6-12(11)33-19(21)22/h5-7,15,19,26H,1-4H3,(H,27,30). The third-order valence-corrected chi connectivity index (χ3v) is 4.62. The van der Waals surface area contributed by atoms with Crippen LogP contribution < -0.4 is 15.4 Å². The van der Waals surface area contributed by atoms with E-state index >= 15 is 0 Å². The second-order valence-electron chi connectivity index (χ2n) is 6.70. The highest BCUT2D eigenvalue weighted by Gasteiger charge is 2.41. The first-order valence-corrected chi connectivity index (χ1v) is 9.13. The highest BCUT2D eigenvalue weighted by Crippen LogP contribution is 2.44. The van der Waals surface area contributed by atoms with Gasteiger partial charge >= 0.3 is 30.6 Å². The van der Waals surface area contributed by atoms with Gasteiger partial charge in [-0.2, -0.15) is 22.0 Å². The summed E-state index contributed by atoms with van der Waals surface area (Å²) in [5.74, 6) is -6.22. The molecule has 0 aliphatic carbocycles. The van der Waals surface area contributed by atoms with E-state index in [1.165, 1.54) is 13.8 Å². The molecule has 0 unspecified atom stereocenters. The molecule has 0 fully saturated rings. The molecule has 1 aliphatic rings. The van der Waals surface area contributed by atoms with Gasteiger partial charge in [0.15, 0.2) is 0 Å². The lowest BCUT2D eigenvalue weighted by Gasteiger charge is -2.31. The normalized spacial score (nSPS) is 14.7. The lowest BCUT2D eigenvalue weighted by Crippen LogP contribution is -2.32. The summed E-state index contributed by atoms with van der Waals surface area (Å²) >= 11 is 0. The van der Waals surface area contributed by atoms with Crippen molar-refractivity contribution >= 4 is 23.5 Å². The molecule has 1 aromatic rings. The molecule has 33 heavy (non-hydrogen) atoms. The van der Waals surface area contributed by atoms with Crippen LogP contribution in [0.3, 0.4) is 0 Å². The van der Waals surface area contributed by atoms with Gasteiger partial charge in [0.1, 0.15) is 5.75 Å². The number of anilines is 1. The van der Waals surface area contributed by atoms with E-state index in [0.29, 0.717) is 0 Å². The van der Waals surface area contributed by atoms with Crippen LogP contribution in [-0.4, -0.2) is 44.9 Å². The van der Waals surface area contributed by atoms with Crippen molar-refractivity contribution in [2.24, 2.45) is 0 Å². The molecular weight excluding hydrogens is 459 g/mol. The zero-order chi connectivity index (χ0) is 25.1. The lowest BCUT2D eigenvalue weighted by molar-refractivity contribution is -0.167. The Hall–Kier alpha value is -3.64. The molecule has 1 aromatic carbocycles. The van der Waals surface area contributed by atoms with Gasteiger partial charge in [0.2, 0.25) is 0 Å². The summed E-state index contributed by atoms with van der Waals surface area (Å²) in [5, 5.41) is 4.38. The number of hydrogen-bond acceptors (Lipinski definition) is 7. The van der Waals surface area contributed by atoms with Gasteiger partial charge in [0.05, 0.1) is 31.3 Å². The summed E-state index contributed by atoms with van der Waals surface area (Å²) in [6.45, 7) is -0.459. The Morgan fingerprint density at radius 1 is 1.00 bits per heavy atom. The monoisotopic (exact) mass is 478 g/mol. The molecule has 0 radical (unpaired) electrons. The predicted molar refractivity (Wildman–Crippen MR) is 103 cm³/mol. The molecule has 1 heterocycles.